The predicted octanol–water partition coefficient (Wildman–Crippen LogP) is 6.62. The lowest BCUT2D eigenvalue weighted by atomic mass is 9.90. The molecule has 0 aromatic heterocycles. The van der Waals surface area contributed by atoms with Gasteiger partial charge in [0.1, 0.15) is 0 Å². The van der Waals surface area contributed by atoms with Crippen LogP contribution >= 0.6 is 0 Å². The molecule has 0 spiro atoms. The van der Waals surface area contributed by atoms with E-state index in [4.69, 9.17) is 0 Å². The lowest BCUT2D eigenvalue weighted by Crippen LogP contribution is -1.96. The first-order valence-corrected chi connectivity index (χ1v) is 8.71. The van der Waals surface area contributed by atoms with Crippen molar-refractivity contribution in [2.24, 2.45) is 5.92 Å². The third-order valence-corrected chi connectivity index (χ3v) is 4.98. The summed E-state index contributed by atoms with van der Waals surface area (Å²) in [6.45, 7) is 4.59. The van der Waals surface area contributed by atoms with Crippen LogP contribution in [-0.4, -0.2) is 0 Å². The molecule has 0 saturated heterocycles. The second kappa shape index (κ2) is 6.13. The van der Waals surface area contributed by atoms with Crippen LogP contribution in [0.3, 0.4) is 0 Å². The van der Waals surface area contributed by atoms with Gasteiger partial charge < -0.3 is 0 Å². The van der Waals surface area contributed by atoms with Crippen molar-refractivity contribution in [3.05, 3.63) is 89.5 Å². The summed E-state index contributed by atoms with van der Waals surface area (Å²) in [5.74, 6) is 0.588. The Labute approximate surface area is 144 Å². The first-order chi connectivity index (χ1) is 11.7. The molecule has 3 aromatic carbocycles. The van der Waals surface area contributed by atoms with Crippen LogP contribution in [0.5, 0.6) is 0 Å². The van der Waals surface area contributed by atoms with Crippen molar-refractivity contribution in [3.8, 4) is 22.3 Å². The van der Waals surface area contributed by atoms with Gasteiger partial charge in [-0.15, -0.1) is 0 Å². The lowest BCUT2D eigenvalue weighted by Gasteiger charge is -2.14. The molecule has 0 heteroatoms. The maximum absolute atomic E-state index is 2.43. The normalized spacial score (nSPS) is 13.0. The molecule has 0 aliphatic heterocycles. The van der Waals surface area contributed by atoms with Crippen molar-refractivity contribution in [1.29, 1.82) is 0 Å². The molecule has 3 aromatic rings. The molecule has 0 fully saturated rings. The third kappa shape index (κ3) is 2.59. The standard InChI is InChI=1S/C24H22/c1-17(2)20-15-23-21(18-9-5-3-6-10-18)13-14-22(24(23)16-20)19-11-7-4-8-12-19/h3-15,17H,16H2,1-2H3. The first-order valence-electron chi connectivity index (χ1n) is 8.71. The minimum atomic E-state index is 0.588. The molecule has 0 amide bonds. The van der Waals surface area contributed by atoms with Crippen molar-refractivity contribution in [3.63, 3.8) is 0 Å². The van der Waals surface area contributed by atoms with Crippen molar-refractivity contribution in [2.75, 3.05) is 0 Å². The molecule has 0 heterocycles. The van der Waals surface area contributed by atoms with Gasteiger partial charge in [0.2, 0.25) is 0 Å². The van der Waals surface area contributed by atoms with Crippen LogP contribution in [0.1, 0.15) is 25.0 Å². The van der Waals surface area contributed by atoms with Crippen molar-refractivity contribution in [1.82, 2.24) is 0 Å². The van der Waals surface area contributed by atoms with E-state index in [-0.39, 0.29) is 0 Å². The molecular weight excluding hydrogens is 288 g/mol. The van der Waals surface area contributed by atoms with Gasteiger partial charge in [-0.3, -0.25) is 0 Å². The van der Waals surface area contributed by atoms with E-state index in [2.05, 4.69) is 92.7 Å². The van der Waals surface area contributed by atoms with E-state index < -0.39 is 0 Å². The third-order valence-electron chi connectivity index (χ3n) is 4.98. The minimum Gasteiger partial charge on any atom is -0.0626 e. The average molecular weight is 310 g/mol. The second-order valence-corrected chi connectivity index (χ2v) is 6.84. The number of fused-ring (bicyclic) bond motifs is 1. The van der Waals surface area contributed by atoms with Crippen molar-refractivity contribution >= 4 is 6.08 Å². The van der Waals surface area contributed by atoms with Crippen molar-refractivity contribution in [2.45, 2.75) is 20.3 Å². The van der Waals surface area contributed by atoms with E-state index in [0.717, 1.165) is 6.42 Å². The van der Waals surface area contributed by atoms with E-state index in [0.29, 0.717) is 5.92 Å². The van der Waals surface area contributed by atoms with Crippen LogP contribution in [0.2, 0.25) is 0 Å². The number of benzene rings is 3. The van der Waals surface area contributed by atoms with Crippen LogP contribution in [0.15, 0.2) is 78.4 Å². The predicted molar refractivity (Wildman–Crippen MR) is 104 cm³/mol. The van der Waals surface area contributed by atoms with E-state index >= 15 is 0 Å². The van der Waals surface area contributed by atoms with Crippen LogP contribution in [0, 0.1) is 5.92 Å². The Morgan fingerprint density at radius 3 is 1.79 bits per heavy atom. The Kier molecular flexibility index (Phi) is 3.82. The molecule has 0 unspecified atom stereocenters. The Morgan fingerprint density at radius 2 is 1.21 bits per heavy atom. The number of hydrogen-bond acceptors (Lipinski definition) is 0. The summed E-state index contributed by atoms with van der Waals surface area (Å²) in [7, 11) is 0. The fraction of sp³-hybridized carbons (Fsp3) is 0.167. The largest absolute Gasteiger partial charge is 0.0626 e. The summed E-state index contributed by atoms with van der Waals surface area (Å²) in [6.07, 6.45) is 3.49. The highest BCUT2D eigenvalue weighted by Gasteiger charge is 2.22. The van der Waals surface area contributed by atoms with E-state index in [1.807, 2.05) is 0 Å². The Hall–Kier alpha value is -2.60. The highest BCUT2D eigenvalue weighted by atomic mass is 14.3. The number of hydrogen-bond donors (Lipinski definition) is 0. The molecule has 118 valence electrons. The zero-order valence-corrected chi connectivity index (χ0v) is 14.3. The molecule has 4 rings (SSSR count). The fourth-order valence-electron chi connectivity index (χ4n) is 3.59. The molecule has 0 N–H and O–H groups in total. The summed E-state index contributed by atoms with van der Waals surface area (Å²) in [4.78, 5) is 0. The van der Waals surface area contributed by atoms with Crippen LogP contribution in [0.4, 0.5) is 0 Å². The monoisotopic (exact) mass is 310 g/mol. The van der Waals surface area contributed by atoms with Gasteiger partial charge in [-0.25, -0.2) is 0 Å². The van der Waals surface area contributed by atoms with Crippen LogP contribution < -0.4 is 0 Å². The molecule has 0 nitrogen and oxygen atoms in total. The highest BCUT2D eigenvalue weighted by Crippen LogP contribution is 2.41. The highest BCUT2D eigenvalue weighted by molar-refractivity contribution is 5.87. The SMILES string of the molecule is CC(C)C1=Cc2c(-c3ccccc3)ccc(-c3ccccc3)c2C1. The van der Waals surface area contributed by atoms with Gasteiger partial charge in [-0.05, 0) is 45.7 Å². The van der Waals surface area contributed by atoms with Gasteiger partial charge in [-0.1, -0.05) is 98.3 Å². The quantitative estimate of drug-likeness (QED) is 0.510. The van der Waals surface area contributed by atoms with Crippen LogP contribution in [0.25, 0.3) is 28.3 Å². The Balaban J connectivity index is 1.92. The first kappa shape index (κ1) is 15.0. The lowest BCUT2D eigenvalue weighted by molar-refractivity contribution is 0.755. The summed E-state index contributed by atoms with van der Waals surface area (Å²) in [5.41, 5.74) is 9.75. The van der Waals surface area contributed by atoms with Gasteiger partial charge >= 0.3 is 0 Å². The van der Waals surface area contributed by atoms with Gasteiger partial charge in [0, 0.05) is 0 Å². The Morgan fingerprint density at radius 1 is 0.667 bits per heavy atom. The fourth-order valence-corrected chi connectivity index (χ4v) is 3.59. The molecule has 24 heavy (non-hydrogen) atoms. The maximum atomic E-state index is 2.43. The van der Waals surface area contributed by atoms with E-state index in [9.17, 15) is 0 Å². The summed E-state index contributed by atoms with van der Waals surface area (Å²) < 4.78 is 0. The van der Waals surface area contributed by atoms with E-state index in [1.54, 1.807) is 0 Å². The topological polar surface area (TPSA) is 0 Å². The summed E-state index contributed by atoms with van der Waals surface area (Å²) >= 11 is 0. The van der Waals surface area contributed by atoms with Gasteiger partial charge in [0.15, 0.2) is 0 Å². The summed E-state index contributed by atoms with van der Waals surface area (Å²) in [5, 5.41) is 0. The molecule has 0 saturated carbocycles. The molecule has 0 radical (unpaired) electrons. The van der Waals surface area contributed by atoms with Gasteiger partial charge in [0.05, 0.1) is 0 Å². The molecular formula is C24H22. The zero-order chi connectivity index (χ0) is 16.5. The minimum absolute atomic E-state index is 0.588. The van der Waals surface area contributed by atoms with Gasteiger partial charge in [-0.2, -0.15) is 0 Å². The maximum Gasteiger partial charge on any atom is -0.00489 e. The number of allylic oxidation sites excluding steroid dienone is 1. The molecule has 0 bridgehead atoms. The molecule has 1 aliphatic carbocycles. The zero-order valence-electron chi connectivity index (χ0n) is 14.3. The second-order valence-electron chi connectivity index (χ2n) is 6.84. The molecule has 0 atom stereocenters. The summed E-state index contributed by atoms with van der Waals surface area (Å²) in [6, 6.07) is 26.1. The smallest absolute Gasteiger partial charge is 0.00489 e. The average Bonchev–Trinajstić information content (AvgIpc) is 3.08. The van der Waals surface area contributed by atoms with Crippen LogP contribution in [-0.2, 0) is 6.42 Å². The number of rotatable bonds is 3. The Bertz CT molecular complexity index is 884. The van der Waals surface area contributed by atoms with Gasteiger partial charge in [0.25, 0.3) is 0 Å². The van der Waals surface area contributed by atoms with E-state index in [1.165, 1.54) is 39.0 Å². The van der Waals surface area contributed by atoms with Crippen molar-refractivity contribution < 1.29 is 0 Å². The molecule has 1 aliphatic rings.